The Morgan fingerprint density at radius 3 is 2.50 bits per heavy atom. The first-order valence-corrected chi connectivity index (χ1v) is 7.02. The summed E-state index contributed by atoms with van der Waals surface area (Å²) in [5, 5.41) is 0. The summed E-state index contributed by atoms with van der Waals surface area (Å²) in [6.45, 7) is 7.77. The fraction of sp³-hybridized carbons (Fsp3) is 0.529. The molecule has 0 bridgehead atoms. The molecule has 1 aromatic rings. The van der Waals surface area contributed by atoms with E-state index in [0.717, 1.165) is 25.8 Å². The third kappa shape index (κ3) is 4.30. The lowest BCUT2D eigenvalue weighted by molar-refractivity contribution is 0.419. The number of rotatable bonds is 6. The molecule has 0 fully saturated rings. The van der Waals surface area contributed by atoms with Gasteiger partial charge < -0.3 is 4.90 Å². The molecule has 0 N–H and O–H groups in total. The van der Waals surface area contributed by atoms with Gasteiger partial charge in [-0.05, 0) is 62.5 Å². The predicted octanol–water partition coefficient (Wildman–Crippen LogP) is 4.30. The van der Waals surface area contributed by atoms with E-state index in [9.17, 15) is 0 Å². The van der Waals surface area contributed by atoms with Crippen molar-refractivity contribution in [2.24, 2.45) is 0 Å². The third-order valence-electron chi connectivity index (χ3n) is 3.34. The monoisotopic (exact) mass is 245 g/mol. The lowest BCUT2D eigenvalue weighted by Gasteiger charge is -2.15. The number of benzene rings is 1. The summed E-state index contributed by atoms with van der Waals surface area (Å²) in [7, 11) is 4.28. The van der Waals surface area contributed by atoms with Gasteiger partial charge in [-0.15, -0.1) is 0 Å². The van der Waals surface area contributed by atoms with Gasteiger partial charge in [0.05, 0.1) is 0 Å². The molecule has 1 nitrogen and oxygen atoms in total. The number of hydrogen-bond acceptors (Lipinski definition) is 1. The Bertz CT molecular complexity index is 402. The fourth-order valence-electron chi connectivity index (χ4n) is 2.17. The molecule has 1 aromatic carbocycles. The highest BCUT2D eigenvalue weighted by molar-refractivity contribution is 5.68. The molecule has 0 heterocycles. The second-order valence-corrected chi connectivity index (χ2v) is 5.19. The molecule has 100 valence electrons. The van der Waals surface area contributed by atoms with Gasteiger partial charge in [-0.3, -0.25) is 0 Å². The van der Waals surface area contributed by atoms with Crippen LogP contribution in [-0.2, 0) is 6.42 Å². The van der Waals surface area contributed by atoms with Gasteiger partial charge in [-0.1, -0.05) is 38.1 Å². The summed E-state index contributed by atoms with van der Waals surface area (Å²) < 4.78 is 0. The topological polar surface area (TPSA) is 3.24 Å². The van der Waals surface area contributed by atoms with Gasteiger partial charge in [0.25, 0.3) is 0 Å². The minimum absolute atomic E-state index is 1.11. The van der Waals surface area contributed by atoms with Gasteiger partial charge in [-0.25, -0.2) is 0 Å². The van der Waals surface area contributed by atoms with Crippen LogP contribution in [0.5, 0.6) is 0 Å². The molecule has 0 radical (unpaired) electrons. The van der Waals surface area contributed by atoms with Crippen LogP contribution in [-0.4, -0.2) is 25.5 Å². The quantitative estimate of drug-likeness (QED) is 0.722. The van der Waals surface area contributed by atoms with Crippen molar-refractivity contribution in [3.05, 3.63) is 41.0 Å². The van der Waals surface area contributed by atoms with Crippen molar-refractivity contribution >= 4 is 5.57 Å². The summed E-state index contributed by atoms with van der Waals surface area (Å²) >= 11 is 0. The highest BCUT2D eigenvalue weighted by Gasteiger charge is 2.06. The summed E-state index contributed by atoms with van der Waals surface area (Å²) in [6.07, 6.45) is 5.74. The van der Waals surface area contributed by atoms with Crippen LogP contribution in [0.3, 0.4) is 0 Å². The summed E-state index contributed by atoms with van der Waals surface area (Å²) in [4.78, 5) is 2.25. The van der Waals surface area contributed by atoms with E-state index in [1.807, 2.05) is 0 Å². The van der Waals surface area contributed by atoms with E-state index in [-0.39, 0.29) is 0 Å². The standard InChI is InChI=1S/C17H27N/c1-6-8-16(11-12-18(4)5)17-13-15(7-2)10-9-14(17)3/h8-10,13H,6-7,11-12H2,1-5H3/b16-8-. The van der Waals surface area contributed by atoms with Crippen LogP contribution < -0.4 is 0 Å². The minimum Gasteiger partial charge on any atom is -0.309 e. The highest BCUT2D eigenvalue weighted by atomic mass is 15.0. The lowest BCUT2D eigenvalue weighted by atomic mass is 9.94. The molecule has 0 unspecified atom stereocenters. The average molecular weight is 245 g/mol. The molecule has 0 amide bonds. The van der Waals surface area contributed by atoms with E-state index in [4.69, 9.17) is 0 Å². The van der Waals surface area contributed by atoms with Crippen LogP contribution in [0.1, 0.15) is 43.4 Å². The first-order valence-electron chi connectivity index (χ1n) is 7.02. The number of nitrogens with zero attached hydrogens (tertiary/aromatic N) is 1. The smallest absolute Gasteiger partial charge is 0.00158 e. The van der Waals surface area contributed by atoms with E-state index >= 15 is 0 Å². The molecule has 0 saturated carbocycles. The normalized spacial score (nSPS) is 12.2. The van der Waals surface area contributed by atoms with Gasteiger partial charge in [-0.2, -0.15) is 0 Å². The average Bonchev–Trinajstić information content (AvgIpc) is 2.35. The maximum atomic E-state index is 2.38. The lowest BCUT2D eigenvalue weighted by Crippen LogP contribution is -2.13. The number of hydrogen-bond donors (Lipinski definition) is 0. The molecule has 0 aromatic heterocycles. The molecule has 0 spiro atoms. The molecule has 18 heavy (non-hydrogen) atoms. The first kappa shape index (κ1) is 15.0. The van der Waals surface area contributed by atoms with Gasteiger partial charge in [0.15, 0.2) is 0 Å². The molecule has 0 aliphatic carbocycles. The van der Waals surface area contributed by atoms with Crippen molar-refractivity contribution in [1.82, 2.24) is 4.90 Å². The molecular weight excluding hydrogens is 218 g/mol. The molecule has 0 saturated heterocycles. The van der Waals surface area contributed by atoms with Crippen LogP contribution in [0.4, 0.5) is 0 Å². The van der Waals surface area contributed by atoms with E-state index in [1.54, 1.807) is 0 Å². The predicted molar refractivity (Wildman–Crippen MR) is 82.0 cm³/mol. The van der Waals surface area contributed by atoms with E-state index in [0.29, 0.717) is 0 Å². The van der Waals surface area contributed by atoms with Crippen molar-refractivity contribution in [1.29, 1.82) is 0 Å². The van der Waals surface area contributed by atoms with Crippen LogP contribution in [0.25, 0.3) is 5.57 Å². The van der Waals surface area contributed by atoms with Crippen LogP contribution in [0.2, 0.25) is 0 Å². The van der Waals surface area contributed by atoms with Crippen molar-refractivity contribution in [3.63, 3.8) is 0 Å². The highest BCUT2D eigenvalue weighted by Crippen LogP contribution is 2.24. The molecule has 0 atom stereocenters. The molecule has 0 aliphatic heterocycles. The van der Waals surface area contributed by atoms with Crippen molar-refractivity contribution < 1.29 is 0 Å². The molecular formula is C17H27N. The van der Waals surface area contributed by atoms with Gasteiger partial charge >= 0.3 is 0 Å². The number of aryl methyl sites for hydroxylation is 2. The first-order chi connectivity index (χ1) is 8.58. The number of allylic oxidation sites excluding steroid dienone is 1. The third-order valence-corrected chi connectivity index (χ3v) is 3.34. The SMILES string of the molecule is CC/C=C(/CCN(C)C)c1cc(CC)ccc1C. The largest absolute Gasteiger partial charge is 0.309 e. The Labute approximate surface area is 113 Å². The van der Waals surface area contributed by atoms with Gasteiger partial charge in [0.2, 0.25) is 0 Å². The van der Waals surface area contributed by atoms with Crippen LogP contribution >= 0.6 is 0 Å². The van der Waals surface area contributed by atoms with E-state index in [2.05, 4.69) is 64.0 Å². The van der Waals surface area contributed by atoms with Gasteiger partial charge in [0, 0.05) is 6.54 Å². The summed E-state index contributed by atoms with van der Waals surface area (Å²) in [5.74, 6) is 0. The second kappa shape index (κ2) is 7.38. The Kier molecular flexibility index (Phi) is 6.14. The van der Waals surface area contributed by atoms with Crippen LogP contribution in [0, 0.1) is 6.92 Å². The Hall–Kier alpha value is -1.08. The zero-order valence-electron chi connectivity index (χ0n) is 12.6. The maximum absolute atomic E-state index is 2.38. The van der Waals surface area contributed by atoms with E-state index in [1.165, 1.54) is 22.3 Å². The van der Waals surface area contributed by atoms with Gasteiger partial charge in [0.1, 0.15) is 0 Å². The molecule has 1 rings (SSSR count). The Morgan fingerprint density at radius 1 is 1.22 bits per heavy atom. The summed E-state index contributed by atoms with van der Waals surface area (Å²) in [6, 6.07) is 6.87. The van der Waals surface area contributed by atoms with Crippen molar-refractivity contribution in [2.75, 3.05) is 20.6 Å². The Morgan fingerprint density at radius 2 is 1.94 bits per heavy atom. The van der Waals surface area contributed by atoms with Crippen molar-refractivity contribution in [2.45, 2.75) is 40.0 Å². The maximum Gasteiger partial charge on any atom is 0.00158 e. The molecule has 1 heteroatoms. The second-order valence-electron chi connectivity index (χ2n) is 5.19. The van der Waals surface area contributed by atoms with Crippen molar-refractivity contribution in [3.8, 4) is 0 Å². The van der Waals surface area contributed by atoms with Crippen LogP contribution in [0.15, 0.2) is 24.3 Å². The minimum atomic E-state index is 1.11. The summed E-state index contributed by atoms with van der Waals surface area (Å²) in [5.41, 5.74) is 5.77. The molecule has 0 aliphatic rings. The Balaban J connectivity index is 3.01. The zero-order chi connectivity index (χ0) is 13.5. The fourth-order valence-corrected chi connectivity index (χ4v) is 2.17. The van der Waals surface area contributed by atoms with E-state index < -0.39 is 0 Å². The zero-order valence-corrected chi connectivity index (χ0v) is 12.6.